The molecule has 15 heavy (non-hydrogen) atoms. The SMILES string of the molecule is CNCC(=O)N(C)Cc1scnc1C.Cl. The predicted octanol–water partition coefficient (Wildman–Crippen LogP) is 1.05. The Morgan fingerprint density at radius 1 is 1.67 bits per heavy atom. The summed E-state index contributed by atoms with van der Waals surface area (Å²) >= 11 is 1.59. The maximum absolute atomic E-state index is 11.4. The normalized spacial score (nSPS) is 9.53. The number of thiazole rings is 1. The van der Waals surface area contributed by atoms with Gasteiger partial charge >= 0.3 is 0 Å². The Morgan fingerprint density at radius 3 is 2.80 bits per heavy atom. The lowest BCUT2D eigenvalue weighted by Gasteiger charge is -2.15. The van der Waals surface area contributed by atoms with Crippen molar-refractivity contribution in [1.82, 2.24) is 15.2 Å². The molecule has 0 bridgehead atoms. The zero-order valence-electron chi connectivity index (χ0n) is 9.11. The summed E-state index contributed by atoms with van der Waals surface area (Å²) in [5.74, 6) is 0.0975. The number of aromatic nitrogens is 1. The summed E-state index contributed by atoms with van der Waals surface area (Å²) in [6, 6.07) is 0. The van der Waals surface area contributed by atoms with Gasteiger partial charge in [0, 0.05) is 11.9 Å². The van der Waals surface area contributed by atoms with E-state index in [0.29, 0.717) is 13.1 Å². The van der Waals surface area contributed by atoms with Crippen molar-refractivity contribution in [1.29, 1.82) is 0 Å². The fourth-order valence-corrected chi connectivity index (χ4v) is 1.90. The number of carbonyl (C=O) groups excluding carboxylic acids is 1. The molecule has 1 aromatic rings. The van der Waals surface area contributed by atoms with Crippen molar-refractivity contribution in [2.75, 3.05) is 20.6 Å². The Bertz CT molecular complexity index is 316. The summed E-state index contributed by atoms with van der Waals surface area (Å²) < 4.78 is 0. The molecule has 0 radical (unpaired) electrons. The summed E-state index contributed by atoms with van der Waals surface area (Å²) in [4.78, 5) is 18.4. The summed E-state index contributed by atoms with van der Waals surface area (Å²) in [5, 5.41) is 2.84. The standard InChI is InChI=1S/C9H15N3OS.ClH/c1-7-8(14-6-11-7)5-12(3)9(13)4-10-2;/h6,10H,4-5H2,1-3H3;1H. The molecule has 0 saturated carbocycles. The molecule has 0 aliphatic carbocycles. The first kappa shape index (κ1) is 14.3. The van der Waals surface area contributed by atoms with Crippen molar-refractivity contribution in [3.8, 4) is 0 Å². The molecule has 4 nitrogen and oxygen atoms in total. The molecule has 1 amide bonds. The largest absolute Gasteiger partial charge is 0.339 e. The summed E-state index contributed by atoms with van der Waals surface area (Å²) in [6.07, 6.45) is 0. The van der Waals surface area contributed by atoms with Gasteiger partial charge in [-0.25, -0.2) is 4.98 Å². The molecule has 0 atom stereocenters. The van der Waals surface area contributed by atoms with Crippen LogP contribution in [0.4, 0.5) is 0 Å². The van der Waals surface area contributed by atoms with Gasteiger partial charge in [0.1, 0.15) is 0 Å². The number of halogens is 1. The summed E-state index contributed by atoms with van der Waals surface area (Å²) in [5.41, 5.74) is 2.82. The molecule has 0 aliphatic heterocycles. The topological polar surface area (TPSA) is 45.2 Å². The maximum atomic E-state index is 11.4. The van der Waals surface area contributed by atoms with E-state index in [9.17, 15) is 4.79 Å². The monoisotopic (exact) mass is 249 g/mol. The first-order chi connectivity index (χ1) is 6.65. The van der Waals surface area contributed by atoms with Crippen molar-refractivity contribution in [2.24, 2.45) is 0 Å². The first-order valence-electron chi connectivity index (χ1n) is 4.42. The average molecular weight is 250 g/mol. The van der Waals surface area contributed by atoms with Crippen molar-refractivity contribution in [2.45, 2.75) is 13.5 Å². The van der Waals surface area contributed by atoms with E-state index in [1.165, 1.54) is 0 Å². The number of hydrogen-bond donors (Lipinski definition) is 1. The third kappa shape index (κ3) is 4.15. The number of nitrogens with one attached hydrogen (secondary N) is 1. The van der Waals surface area contributed by atoms with Crippen LogP contribution in [0.2, 0.25) is 0 Å². The third-order valence-corrected chi connectivity index (χ3v) is 2.90. The number of hydrogen-bond acceptors (Lipinski definition) is 4. The second-order valence-electron chi connectivity index (χ2n) is 3.14. The molecular weight excluding hydrogens is 234 g/mol. The average Bonchev–Trinajstić information content (AvgIpc) is 2.52. The highest BCUT2D eigenvalue weighted by Gasteiger charge is 2.10. The molecule has 1 rings (SSSR count). The molecule has 0 unspecified atom stereocenters. The number of aryl methyl sites for hydroxylation is 1. The van der Waals surface area contributed by atoms with Crippen molar-refractivity contribution >= 4 is 29.7 Å². The second kappa shape index (κ2) is 6.76. The predicted molar refractivity (Wildman–Crippen MR) is 64.5 cm³/mol. The smallest absolute Gasteiger partial charge is 0.236 e. The van der Waals surface area contributed by atoms with Gasteiger partial charge < -0.3 is 10.2 Å². The van der Waals surface area contributed by atoms with Gasteiger partial charge in [-0.05, 0) is 14.0 Å². The minimum Gasteiger partial charge on any atom is -0.339 e. The highest BCUT2D eigenvalue weighted by atomic mass is 35.5. The Labute approximate surface area is 100 Å². The van der Waals surface area contributed by atoms with Crippen LogP contribution in [-0.2, 0) is 11.3 Å². The van der Waals surface area contributed by atoms with Crippen LogP contribution in [-0.4, -0.2) is 36.4 Å². The number of likely N-dealkylation sites (N-methyl/N-ethyl adjacent to an activating group) is 2. The van der Waals surface area contributed by atoms with Crippen molar-refractivity contribution in [3.05, 3.63) is 16.1 Å². The van der Waals surface area contributed by atoms with Crippen LogP contribution < -0.4 is 5.32 Å². The Kier molecular flexibility index (Phi) is 6.47. The van der Waals surface area contributed by atoms with Gasteiger partial charge in [0.15, 0.2) is 0 Å². The molecule has 86 valence electrons. The van der Waals surface area contributed by atoms with Gasteiger partial charge in [-0.15, -0.1) is 23.7 Å². The van der Waals surface area contributed by atoms with Crippen molar-refractivity contribution < 1.29 is 4.79 Å². The van der Waals surface area contributed by atoms with Crippen LogP contribution in [0.3, 0.4) is 0 Å². The molecule has 0 spiro atoms. The highest BCUT2D eigenvalue weighted by Crippen LogP contribution is 2.13. The van der Waals surface area contributed by atoms with E-state index >= 15 is 0 Å². The van der Waals surface area contributed by atoms with Crippen LogP contribution >= 0.6 is 23.7 Å². The van der Waals surface area contributed by atoms with Crippen LogP contribution in [0.5, 0.6) is 0 Å². The maximum Gasteiger partial charge on any atom is 0.236 e. The van der Waals surface area contributed by atoms with Gasteiger partial charge in [-0.2, -0.15) is 0 Å². The van der Waals surface area contributed by atoms with E-state index in [1.54, 1.807) is 35.8 Å². The van der Waals surface area contributed by atoms with E-state index < -0.39 is 0 Å². The highest BCUT2D eigenvalue weighted by molar-refractivity contribution is 7.09. The van der Waals surface area contributed by atoms with Crippen LogP contribution in [0.25, 0.3) is 0 Å². The van der Waals surface area contributed by atoms with E-state index in [4.69, 9.17) is 0 Å². The van der Waals surface area contributed by atoms with Crippen LogP contribution in [0.15, 0.2) is 5.51 Å². The molecular formula is C9H16ClN3OS. The Morgan fingerprint density at radius 2 is 2.33 bits per heavy atom. The van der Waals surface area contributed by atoms with Gasteiger partial charge in [-0.3, -0.25) is 4.79 Å². The summed E-state index contributed by atoms with van der Waals surface area (Å²) in [6.45, 7) is 2.99. The van der Waals surface area contributed by atoms with E-state index in [1.807, 2.05) is 6.92 Å². The lowest BCUT2D eigenvalue weighted by atomic mass is 10.3. The number of nitrogens with zero attached hydrogens (tertiary/aromatic N) is 2. The summed E-state index contributed by atoms with van der Waals surface area (Å²) in [7, 11) is 3.57. The quantitative estimate of drug-likeness (QED) is 0.868. The van der Waals surface area contributed by atoms with Gasteiger partial charge in [-0.1, -0.05) is 0 Å². The van der Waals surface area contributed by atoms with Gasteiger partial charge in [0.2, 0.25) is 5.91 Å². The number of amides is 1. The van der Waals surface area contributed by atoms with Gasteiger partial charge in [0.05, 0.1) is 24.3 Å². The fourth-order valence-electron chi connectivity index (χ4n) is 1.07. The van der Waals surface area contributed by atoms with Gasteiger partial charge in [0.25, 0.3) is 0 Å². The minimum atomic E-state index is 0. The molecule has 6 heteroatoms. The molecule has 0 aliphatic rings. The molecule has 0 fully saturated rings. The molecule has 1 heterocycles. The van der Waals surface area contributed by atoms with Crippen molar-refractivity contribution in [3.63, 3.8) is 0 Å². The zero-order valence-corrected chi connectivity index (χ0v) is 10.7. The lowest BCUT2D eigenvalue weighted by Crippen LogP contribution is -2.33. The molecule has 0 saturated heterocycles. The number of rotatable bonds is 4. The van der Waals surface area contributed by atoms with E-state index in [2.05, 4.69) is 10.3 Å². The van der Waals surface area contributed by atoms with E-state index in [-0.39, 0.29) is 18.3 Å². The van der Waals surface area contributed by atoms with Crippen LogP contribution in [0.1, 0.15) is 10.6 Å². The number of carbonyl (C=O) groups is 1. The molecule has 0 aromatic carbocycles. The van der Waals surface area contributed by atoms with E-state index in [0.717, 1.165) is 10.6 Å². The Balaban J connectivity index is 0.00000196. The zero-order chi connectivity index (χ0) is 10.6. The van der Waals surface area contributed by atoms with Crippen LogP contribution in [0, 0.1) is 6.92 Å². The fraction of sp³-hybridized carbons (Fsp3) is 0.556. The second-order valence-corrected chi connectivity index (χ2v) is 4.08. The molecule has 1 aromatic heterocycles. The molecule has 1 N–H and O–H groups in total. The third-order valence-electron chi connectivity index (χ3n) is 1.98. The minimum absolute atomic E-state index is 0. The lowest BCUT2D eigenvalue weighted by molar-refractivity contribution is -0.129. The first-order valence-corrected chi connectivity index (χ1v) is 5.30. The Hall–Kier alpha value is -0.650.